The summed E-state index contributed by atoms with van der Waals surface area (Å²) >= 11 is 0. The van der Waals surface area contributed by atoms with Gasteiger partial charge in [0.25, 0.3) is 5.56 Å². The smallest absolute Gasteiger partial charge is 0.331 e. The fraction of sp³-hybridized carbons (Fsp3) is 0.214. The summed E-state index contributed by atoms with van der Waals surface area (Å²) in [5.74, 6) is -0.908. The number of aromatic nitrogens is 2. The van der Waals surface area contributed by atoms with Crippen LogP contribution in [0.1, 0.15) is 12.8 Å². The van der Waals surface area contributed by atoms with Gasteiger partial charge in [-0.1, -0.05) is 30.3 Å². The van der Waals surface area contributed by atoms with Gasteiger partial charge in [0.1, 0.15) is 5.56 Å². The van der Waals surface area contributed by atoms with Gasteiger partial charge in [-0.15, -0.1) is 0 Å². The summed E-state index contributed by atoms with van der Waals surface area (Å²) in [4.78, 5) is 36.5. The van der Waals surface area contributed by atoms with E-state index in [2.05, 4.69) is 4.98 Å². The summed E-state index contributed by atoms with van der Waals surface area (Å²) in [6.45, 7) is 0.0875. The first-order valence-electron chi connectivity index (χ1n) is 6.40. The van der Waals surface area contributed by atoms with Crippen LogP contribution in [-0.2, 0) is 11.3 Å². The molecule has 0 aliphatic heterocycles. The maximum atomic E-state index is 11.9. The second-order valence-electron chi connectivity index (χ2n) is 4.55. The molecule has 0 spiro atoms. The minimum Gasteiger partial charge on any atom is -0.494 e. The van der Waals surface area contributed by atoms with E-state index in [0.717, 1.165) is 4.57 Å². The van der Waals surface area contributed by atoms with Crippen LogP contribution < -0.4 is 17.0 Å². The summed E-state index contributed by atoms with van der Waals surface area (Å²) in [5, 5.41) is 10.2. The quantitative estimate of drug-likeness (QED) is 0.727. The maximum absolute atomic E-state index is 11.9. The van der Waals surface area contributed by atoms with Crippen molar-refractivity contribution in [3.63, 3.8) is 0 Å². The van der Waals surface area contributed by atoms with Crippen molar-refractivity contribution in [1.82, 2.24) is 9.55 Å². The molecule has 0 bridgehead atoms. The Morgan fingerprint density at radius 2 is 1.90 bits per heavy atom. The number of nitrogens with two attached hydrogens (primary N) is 1. The number of benzene rings is 1. The Bertz CT molecular complexity index is 762. The average molecular weight is 289 g/mol. The Balaban J connectivity index is 2.46. The fourth-order valence-electron chi connectivity index (χ4n) is 2.04. The summed E-state index contributed by atoms with van der Waals surface area (Å²) in [5.41, 5.74) is 4.18. The van der Waals surface area contributed by atoms with Gasteiger partial charge in [-0.3, -0.25) is 19.1 Å². The van der Waals surface area contributed by atoms with Gasteiger partial charge in [0.15, 0.2) is 0 Å². The zero-order valence-corrected chi connectivity index (χ0v) is 11.2. The van der Waals surface area contributed by atoms with Gasteiger partial charge < -0.3 is 10.8 Å². The van der Waals surface area contributed by atoms with Gasteiger partial charge in [-0.25, -0.2) is 4.79 Å². The minimum atomic E-state index is -0.721. The first-order chi connectivity index (χ1) is 10.0. The molecule has 1 aromatic heterocycles. The van der Waals surface area contributed by atoms with Crippen molar-refractivity contribution in [3.05, 3.63) is 51.2 Å². The number of amides is 1. The molecule has 1 aromatic carbocycles. The third-order valence-corrected chi connectivity index (χ3v) is 3.04. The second-order valence-corrected chi connectivity index (χ2v) is 4.55. The van der Waals surface area contributed by atoms with Crippen molar-refractivity contribution >= 4 is 5.91 Å². The monoisotopic (exact) mass is 289 g/mol. The zero-order chi connectivity index (χ0) is 15.4. The number of carbonyl (C=O) groups is 1. The summed E-state index contributed by atoms with van der Waals surface area (Å²) in [6.07, 6.45) is 0.384. The van der Waals surface area contributed by atoms with Gasteiger partial charge in [0.05, 0.1) is 0 Å². The molecule has 0 saturated carbocycles. The van der Waals surface area contributed by atoms with Crippen molar-refractivity contribution in [3.8, 4) is 17.0 Å². The molecule has 4 N–H and O–H groups in total. The lowest BCUT2D eigenvalue weighted by Crippen LogP contribution is -2.31. The standard InChI is InChI=1S/C14H15N3O4/c15-10(18)7-4-8-17-13(20)11(12(19)16-14(17)21)9-5-2-1-3-6-9/h1-3,5-6,20H,4,7-8H2,(H2,15,18)(H,16,19,21). The van der Waals surface area contributed by atoms with E-state index in [1.54, 1.807) is 30.3 Å². The van der Waals surface area contributed by atoms with Crippen LogP contribution >= 0.6 is 0 Å². The predicted octanol–water partition coefficient (Wildman–Crippen LogP) is 0.175. The van der Waals surface area contributed by atoms with Gasteiger partial charge in [0.2, 0.25) is 11.8 Å². The zero-order valence-electron chi connectivity index (χ0n) is 11.2. The molecule has 1 amide bonds. The number of aromatic amines is 1. The van der Waals surface area contributed by atoms with Crippen LogP contribution in [0.25, 0.3) is 11.1 Å². The molecule has 1 heterocycles. The number of carbonyl (C=O) groups excluding carboxylic acids is 1. The van der Waals surface area contributed by atoms with Crippen molar-refractivity contribution in [2.75, 3.05) is 0 Å². The van der Waals surface area contributed by atoms with E-state index >= 15 is 0 Å². The van der Waals surface area contributed by atoms with Gasteiger partial charge >= 0.3 is 5.69 Å². The highest BCUT2D eigenvalue weighted by atomic mass is 16.3. The summed E-state index contributed by atoms with van der Waals surface area (Å²) in [7, 11) is 0. The van der Waals surface area contributed by atoms with E-state index in [1.807, 2.05) is 0 Å². The molecule has 0 aliphatic rings. The van der Waals surface area contributed by atoms with Gasteiger partial charge in [-0.05, 0) is 12.0 Å². The third-order valence-electron chi connectivity index (χ3n) is 3.04. The SMILES string of the molecule is NC(=O)CCCn1c(O)c(-c2ccccc2)c(=O)[nH]c1=O. The van der Waals surface area contributed by atoms with Crippen molar-refractivity contribution in [2.45, 2.75) is 19.4 Å². The molecule has 0 fully saturated rings. The molecule has 7 heteroatoms. The summed E-state index contributed by atoms with van der Waals surface area (Å²) in [6, 6.07) is 8.52. The fourth-order valence-corrected chi connectivity index (χ4v) is 2.04. The molecule has 0 aliphatic carbocycles. The first kappa shape index (κ1) is 14.6. The van der Waals surface area contributed by atoms with Gasteiger partial charge in [0, 0.05) is 13.0 Å². The molecular formula is C14H15N3O4. The maximum Gasteiger partial charge on any atom is 0.331 e. The van der Waals surface area contributed by atoms with E-state index in [9.17, 15) is 19.5 Å². The number of hydrogen-bond donors (Lipinski definition) is 3. The first-order valence-corrected chi connectivity index (χ1v) is 6.40. The minimum absolute atomic E-state index is 0.0225. The third kappa shape index (κ3) is 3.19. The molecular weight excluding hydrogens is 274 g/mol. The molecule has 7 nitrogen and oxygen atoms in total. The molecule has 110 valence electrons. The Morgan fingerprint density at radius 3 is 2.52 bits per heavy atom. The average Bonchev–Trinajstić information content (AvgIpc) is 2.43. The molecule has 0 atom stereocenters. The van der Waals surface area contributed by atoms with Gasteiger partial charge in [-0.2, -0.15) is 0 Å². The lowest BCUT2D eigenvalue weighted by Gasteiger charge is -2.11. The lowest BCUT2D eigenvalue weighted by molar-refractivity contribution is -0.118. The number of nitrogens with zero attached hydrogens (tertiary/aromatic N) is 1. The molecule has 2 rings (SSSR count). The number of hydrogen-bond acceptors (Lipinski definition) is 4. The van der Waals surface area contributed by atoms with Crippen LogP contribution in [0.15, 0.2) is 39.9 Å². The molecule has 0 unspecified atom stereocenters. The highest BCUT2D eigenvalue weighted by Gasteiger charge is 2.15. The number of rotatable bonds is 5. The van der Waals surface area contributed by atoms with Crippen LogP contribution in [0.4, 0.5) is 0 Å². The number of primary amides is 1. The summed E-state index contributed by atoms with van der Waals surface area (Å²) < 4.78 is 1.02. The second kappa shape index (κ2) is 6.08. The van der Waals surface area contributed by atoms with E-state index in [1.165, 1.54) is 0 Å². The van der Waals surface area contributed by atoms with E-state index in [0.29, 0.717) is 12.0 Å². The number of aromatic hydroxyl groups is 1. The topological polar surface area (TPSA) is 118 Å². The largest absolute Gasteiger partial charge is 0.494 e. The van der Waals surface area contributed by atoms with Crippen LogP contribution in [0.3, 0.4) is 0 Å². The van der Waals surface area contributed by atoms with E-state index in [4.69, 9.17) is 5.73 Å². The Kier molecular flexibility index (Phi) is 4.22. The molecule has 0 saturated heterocycles. The van der Waals surface area contributed by atoms with Crippen LogP contribution in [0, 0.1) is 0 Å². The van der Waals surface area contributed by atoms with E-state index in [-0.39, 0.29) is 18.5 Å². The van der Waals surface area contributed by atoms with Crippen LogP contribution in [-0.4, -0.2) is 20.6 Å². The molecule has 2 aromatic rings. The van der Waals surface area contributed by atoms with Crippen molar-refractivity contribution in [2.24, 2.45) is 5.73 Å². The Hall–Kier alpha value is -2.83. The number of H-pyrrole nitrogens is 1. The lowest BCUT2D eigenvalue weighted by atomic mass is 10.1. The van der Waals surface area contributed by atoms with Crippen LogP contribution in [0.5, 0.6) is 5.88 Å². The van der Waals surface area contributed by atoms with Crippen molar-refractivity contribution in [1.29, 1.82) is 0 Å². The van der Waals surface area contributed by atoms with Crippen LogP contribution in [0.2, 0.25) is 0 Å². The normalized spacial score (nSPS) is 10.5. The number of nitrogens with one attached hydrogen (secondary N) is 1. The highest BCUT2D eigenvalue weighted by Crippen LogP contribution is 2.23. The molecule has 21 heavy (non-hydrogen) atoms. The Morgan fingerprint density at radius 1 is 1.24 bits per heavy atom. The van der Waals surface area contributed by atoms with E-state index < -0.39 is 23.0 Å². The molecule has 0 radical (unpaired) electrons. The highest BCUT2D eigenvalue weighted by molar-refractivity contribution is 5.73. The predicted molar refractivity (Wildman–Crippen MR) is 76.9 cm³/mol. The van der Waals surface area contributed by atoms with Crippen molar-refractivity contribution < 1.29 is 9.90 Å². The Labute approximate surface area is 119 Å².